The molecule has 0 unspecified atom stereocenters. The second-order valence-corrected chi connectivity index (χ2v) is 6.35. The fourth-order valence-electron chi connectivity index (χ4n) is 2.96. The smallest absolute Gasteiger partial charge is 0.339 e. The number of fused-ring (bicyclic) bond motifs is 1. The summed E-state index contributed by atoms with van der Waals surface area (Å²) >= 11 is 0. The highest BCUT2D eigenvalue weighted by atomic mass is 16.5. The van der Waals surface area contributed by atoms with E-state index >= 15 is 0 Å². The molecule has 1 fully saturated rings. The van der Waals surface area contributed by atoms with E-state index in [2.05, 4.69) is 19.8 Å². The molecule has 0 saturated heterocycles. The minimum absolute atomic E-state index is 0.149. The Morgan fingerprint density at radius 3 is 2.72 bits per heavy atom. The van der Waals surface area contributed by atoms with Crippen molar-refractivity contribution in [1.29, 1.82) is 0 Å². The Kier molecular flexibility index (Phi) is 3.95. The zero-order valence-electron chi connectivity index (χ0n) is 14.0. The lowest BCUT2D eigenvalue weighted by Crippen LogP contribution is -2.34. The first-order chi connectivity index (χ1) is 12.2. The third kappa shape index (κ3) is 3.11. The fraction of sp³-hybridized carbons (Fsp3) is 0.471. The third-order valence-corrected chi connectivity index (χ3v) is 4.59. The average molecular weight is 341 g/mol. The molecule has 2 aromatic rings. The van der Waals surface area contributed by atoms with Crippen LogP contribution in [-0.2, 0) is 17.7 Å². The summed E-state index contributed by atoms with van der Waals surface area (Å²) in [5, 5.41) is 4.58. The lowest BCUT2D eigenvalue weighted by atomic mass is 10.2. The molecule has 3 heterocycles. The maximum Gasteiger partial charge on any atom is 0.339 e. The number of aromatic nitrogens is 4. The van der Waals surface area contributed by atoms with Gasteiger partial charge in [-0.15, -0.1) is 0 Å². The van der Waals surface area contributed by atoms with Crippen molar-refractivity contribution in [2.45, 2.75) is 31.7 Å². The Hall–Kier alpha value is -2.77. The largest absolute Gasteiger partial charge is 0.465 e. The molecular weight excluding hydrogens is 322 g/mol. The Balaban J connectivity index is 1.44. The molecule has 25 heavy (non-hydrogen) atoms. The highest BCUT2D eigenvalue weighted by Crippen LogP contribution is 2.38. The first-order valence-electron chi connectivity index (χ1n) is 8.43. The van der Waals surface area contributed by atoms with Crippen molar-refractivity contribution >= 4 is 11.9 Å². The number of rotatable bonds is 3. The van der Waals surface area contributed by atoms with Gasteiger partial charge in [0, 0.05) is 31.6 Å². The van der Waals surface area contributed by atoms with Crippen molar-refractivity contribution in [3.05, 3.63) is 41.2 Å². The molecule has 0 N–H and O–H groups in total. The van der Waals surface area contributed by atoms with Gasteiger partial charge in [-0.3, -0.25) is 9.78 Å². The second kappa shape index (κ2) is 6.27. The summed E-state index contributed by atoms with van der Waals surface area (Å²) in [6.45, 7) is 1.79. The van der Waals surface area contributed by atoms with Crippen LogP contribution in [0.15, 0.2) is 18.3 Å². The summed E-state index contributed by atoms with van der Waals surface area (Å²) in [6.07, 6.45) is 4.42. The molecule has 2 aromatic heterocycles. The van der Waals surface area contributed by atoms with E-state index in [-0.39, 0.29) is 5.91 Å². The molecule has 1 saturated carbocycles. The molecule has 8 nitrogen and oxygen atoms in total. The summed E-state index contributed by atoms with van der Waals surface area (Å²) in [5.74, 6) is 1.82. The Morgan fingerprint density at radius 2 is 2.04 bits per heavy atom. The van der Waals surface area contributed by atoms with E-state index in [0.29, 0.717) is 43.2 Å². The van der Waals surface area contributed by atoms with Crippen LogP contribution < -0.4 is 0 Å². The molecule has 2 aliphatic rings. The standard InChI is InChI=1S/C17H19N5O3/c1-25-17(24)12-4-5-13(18-10-12)16(23)21-7-6-14-19-15(11-2-3-11)20-22(14)9-8-21/h4-5,10-11H,2-3,6-9H2,1H3. The van der Waals surface area contributed by atoms with E-state index in [1.165, 1.54) is 26.1 Å². The van der Waals surface area contributed by atoms with E-state index in [4.69, 9.17) is 0 Å². The molecule has 1 aliphatic carbocycles. The zero-order valence-corrected chi connectivity index (χ0v) is 14.0. The second-order valence-electron chi connectivity index (χ2n) is 6.35. The van der Waals surface area contributed by atoms with E-state index in [9.17, 15) is 9.59 Å². The Labute approximate surface area is 144 Å². The predicted octanol–water partition coefficient (Wildman–Crippen LogP) is 1.04. The van der Waals surface area contributed by atoms with Crippen molar-refractivity contribution in [2.75, 3.05) is 20.2 Å². The zero-order chi connectivity index (χ0) is 17.4. The maximum atomic E-state index is 12.7. The van der Waals surface area contributed by atoms with Crippen molar-refractivity contribution in [2.24, 2.45) is 0 Å². The molecule has 0 bridgehead atoms. The van der Waals surface area contributed by atoms with Crippen LogP contribution in [0.25, 0.3) is 0 Å². The SMILES string of the molecule is COC(=O)c1ccc(C(=O)N2CCc3nc(C4CC4)nn3CC2)nc1. The summed E-state index contributed by atoms with van der Waals surface area (Å²) in [7, 11) is 1.31. The van der Waals surface area contributed by atoms with Crippen LogP contribution in [0, 0.1) is 0 Å². The van der Waals surface area contributed by atoms with Gasteiger partial charge in [-0.05, 0) is 25.0 Å². The lowest BCUT2D eigenvalue weighted by Gasteiger charge is -2.19. The highest BCUT2D eigenvalue weighted by molar-refractivity contribution is 5.94. The normalized spacial score (nSPS) is 16.9. The van der Waals surface area contributed by atoms with Crippen molar-refractivity contribution in [3.63, 3.8) is 0 Å². The van der Waals surface area contributed by atoms with Crippen LogP contribution in [0.4, 0.5) is 0 Å². The van der Waals surface area contributed by atoms with Gasteiger partial charge in [0.1, 0.15) is 11.5 Å². The number of hydrogen-bond acceptors (Lipinski definition) is 6. The van der Waals surface area contributed by atoms with Gasteiger partial charge in [-0.1, -0.05) is 0 Å². The highest BCUT2D eigenvalue weighted by Gasteiger charge is 2.30. The summed E-state index contributed by atoms with van der Waals surface area (Å²) in [6, 6.07) is 3.11. The number of hydrogen-bond donors (Lipinski definition) is 0. The summed E-state index contributed by atoms with van der Waals surface area (Å²) in [5.41, 5.74) is 0.644. The number of carbonyl (C=O) groups is 2. The average Bonchev–Trinajstić information content (AvgIpc) is 3.45. The number of ether oxygens (including phenoxy) is 1. The lowest BCUT2D eigenvalue weighted by molar-refractivity contribution is 0.0599. The Morgan fingerprint density at radius 1 is 1.20 bits per heavy atom. The third-order valence-electron chi connectivity index (χ3n) is 4.59. The monoisotopic (exact) mass is 341 g/mol. The quantitative estimate of drug-likeness (QED) is 0.775. The van der Waals surface area contributed by atoms with Gasteiger partial charge in [0.15, 0.2) is 5.82 Å². The van der Waals surface area contributed by atoms with Crippen LogP contribution in [0.5, 0.6) is 0 Å². The van der Waals surface area contributed by atoms with Crippen LogP contribution in [-0.4, -0.2) is 56.7 Å². The number of methoxy groups -OCH3 is 1. The van der Waals surface area contributed by atoms with Gasteiger partial charge < -0.3 is 9.64 Å². The van der Waals surface area contributed by atoms with Crippen LogP contribution in [0.2, 0.25) is 0 Å². The first kappa shape index (κ1) is 15.7. The van der Waals surface area contributed by atoms with Gasteiger partial charge in [0.05, 0.1) is 19.2 Å². The van der Waals surface area contributed by atoms with Crippen molar-refractivity contribution in [1.82, 2.24) is 24.6 Å². The molecular formula is C17H19N5O3. The molecule has 0 radical (unpaired) electrons. The predicted molar refractivity (Wildman–Crippen MR) is 87.2 cm³/mol. The van der Waals surface area contributed by atoms with E-state index in [1.54, 1.807) is 17.0 Å². The van der Waals surface area contributed by atoms with Crippen molar-refractivity contribution < 1.29 is 14.3 Å². The minimum Gasteiger partial charge on any atom is -0.465 e. The van der Waals surface area contributed by atoms with Crippen LogP contribution in [0.3, 0.4) is 0 Å². The summed E-state index contributed by atoms with van der Waals surface area (Å²) in [4.78, 5) is 34.6. The molecule has 8 heteroatoms. The van der Waals surface area contributed by atoms with Crippen molar-refractivity contribution in [3.8, 4) is 0 Å². The molecule has 4 rings (SSSR count). The summed E-state index contributed by atoms with van der Waals surface area (Å²) < 4.78 is 6.56. The fourth-order valence-corrected chi connectivity index (χ4v) is 2.96. The van der Waals surface area contributed by atoms with Crippen LogP contribution in [0.1, 0.15) is 51.3 Å². The minimum atomic E-state index is -0.468. The number of carbonyl (C=O) groups excluding carboxylic acids is 2. The van der Waals surface area contributed by atoms with Gasteiger partial charge >= 0.3 is 5.97 Å². The van der Waals surface area contributed by atoms with E-state index < -0.39 is 5.97 Å². The first-order valence-corrected chi connectivity index (χ1v) is 8.43. The Bertz CT molecular complexity index is 785. The molecule has 130 valence electrons. The van der Waals surface area contributed by atoms with Crippen LogP contribution >= 0.6 is 0 Å². The molecule has 1 aliphatic heterocycles. The number of esters is 1. The molecule has 0 atom stereocenters. The van der Waals surface area contributed by atoms with Gasteiger partial charge in [0.25, 0.3) is 5.91 Å². The molecule has 1 amide bonds. The van der Waals surface area contributed by atoms with Gasteiger partial charge in [-0.25, -0.2) is 14.5 Å². The molecule has 0 aromatic carbocycles. The van der Waals surface area contributed by atoms with E-state index in [1.807, 2.05) is 4.68 Å². The van der Waals surface area contributed by atoms with Gasteiger partial charge in [0.2, 0.25) is 0 Å². The number of pyridine rings is 1. The number of amides is 1. The van der Waals surface area contributed by atoms with Gasteiger partial charge in [-0.2, -0.15) is 5.10 Å². The topological polar surface area (TPSA) is 90.2 Å². The number of nitrogens with zero attached hydrogens (tertiary/aromatic N) is 5. The maximum absolute atomic E-state index is 12.7. The van der Waals surface area contributed by atoms with E-state index in [0.717, 1.165) is 11.6 Å². The molecule has 0 spiro atoms.